The summed E-state index contributed by atoms with van der Waals surface area (Å²) in [6, 6.07) is 0. The SMILES string of the molecule is N=C(N)CC1(CSCC2CCCC2)CC1. The molecular formula is C12H22N2S. The van der Waals surface area contributed by atoms with Crippen molar-refractivity contribution in [3.05, 3.63) is 0 Å². The molecule has 2 saturated carbocycles. The minimum atomic E-state index is 0.383. The summed E-state index contributed by atoms with van der Waals surface area (Å²) in [5, 5.41) is 7.36. The molecule has 0 atom stereocenters. The van der Waals surface area contributed by atoms with Crippen LogP contribution in [0, 0.1) is 16.7 Å². The van der Waals surface area contributed by atoms with E-state index in [1.807, 2.05) is 0 Å². The average Bonchev–Trinajstić information content (AvgIpc) is 2.74. The molecule has 3 N–H and O–H groups in total. The quantitative estimate of drug-likeness (QED) is 0.540. The summed E-state index contributed by atoms with van der Waals surface area (Å²) in [7, 11) is 0. The molecule has 86 valence electrons. The van der Waals surface area contributed by atoms with Gasteiger partial charge >= 0.3 is 0 Å². The van der Waals surface area contributed by atoms with Gasteiger partial charge in [-0.2, -0.15) is 11.8 Å². The van der Waals surface area contributed by atoms with E-state index in [2.05, 4.69) is 11.8 Å². The first kappa shape index (κ1) is 11.3. The van der Waals surface area contributed by atoms with Crippen LogP contribution >= 0.6 is 11.8 Å². The minimum Gasteiger partial charge on any atom is -0.388 e. The first-order valence-electron chi connectivity index (χ1n) is 6.11. The van der Waals surface area contributed by atoms with Crippen molar-refractivity contribution in [2.75, 3.05) is 11.5 Å². The van der Waals surface area contributed by atoms with E-state index in [4.69, 9.17) is 11.1 Å². The molecule has 2 aliphatic carbocycles. The van der Waals surface area contributed by atoms with Gasteiger partial charge in [0.2, 0.25) is 0 Å². The van der Waals surface area contributed by atoms with E-state index in [-0.39, 0.29) is 0 Å². The highest BCUT2D eigenvalue weighted by Gasteiger charge is 2.42. The summed E-state index contributed by atoms with van der Waals surface area (Å²) in [4.78, 5) is 0. The van der Waals surface area contributed by atoms with Gasteiger partial charge in [0.1, 0.15) is 0 Å². The molecule has 0 radical (unpaired) electrons. The Morgan fingerprint density at radius 1 is 1.33 bits per heavy atom. The Labute approximate surface area is 96.9 Å². The summed E-state index contributed by atoms with van der Waals surface area (Å²) < 4.78 is 0. The van der Waals surface area contributed by atoms with Crippen LogP contribution in [0.25, 0.3) is 0 Å². The monoisotopic (exact) mass is 226 g/mol. The van der Waals surface area contributed by atoms with Crippen molar-refractivity contribution in [2.24, 2.45) is 17.1 Å². The molecule has 0 amide bonds. The van der Waals surface area contributed by atoms with Crippen LogP contribution in [0.4, 0.5) is 0 Å². The van der Waals surface area contributed by atoms with Gasteiger partial charge in [-0.3, -0.25) is 5.41 Å². The maximum absolute atomic E-state index is 7.36. The summed E-state index contributed by atoms with van der Waals surface area (Å²) in [5.74, 6) is 3.96. The molecule has 0 aromatic rings. The molecule has 2 fully saturated rings. The third kappa shape index (κ3) is 3.40. The standard InChI is InChI=1S/C12H22N2S/c13-11(14)7-12(5-6-12)9-15-8-10-3-1-2-4-10/h10H,1-9H2,(H3,13,14). The molecule has 2 rings (SSSR count). The Balaban J connectivity index is 1.62. The third-order valence-corrected chi connectivity index (χ3v) is 5.28. The summed E-state index contributed by atoms with van der Waals surface area (Å²) in [5.41, 5.74) is 5.93. The zero-order valence-electron chi connectivity index (χ0n) is 9.43. The average molecular weight is 226 g/mol. The Hall–Kier alpha value is -0.180. The van der Waals surface area contributed by atoms with Gasteiger partial charge in [-0.15, -0.1) is 0 Å². The maximum Gasteiger partial charge on any atom is 0.0911 e. The third-order valence-electron chi connectivity index (χ3n) is 3.76. The van der Waals surface area contributed by atoms with Crippen LogP contribution < -0.4 is 5.73 Å². The molecule has 3 heteroatoms. The van der Waals surface area contributed by atoms with Gasteiger partial charge in [-0.05, 0) is 48.5 Å². The smallest absolute Gasteiger partial charge is 0.0911 e. The second-order valence-corrected chi connectivity index (χ2v) is 6.40. The maximum atomic E-state index is 7.36. The molecule has 0 saturated heterocycles. The van der Waals surface area contributed by atoms with Gasteiger partial charge in [-0.25, -0.2) is 0 Å². The molecule has 0 aliphatic heterocycles. The van der Waals surface area contributed by atoms with Crippen molar-refractivity contribution in [3.8, 4) is 0 Å². The lowest BCUT2D eigenvalue weighted by molar-refractivity contribution is 0.600. The Morgan fingerprint density at radius 3 is 2.53 bits per heavy atom. The van der Waals surface area contributed by atoms with Crippen LogP contribution in [0.5, 0.6) is 0 Å². The van der Waals surface area contributed by atoms with E-state index in [1.54, 1.807) is 0 Å². The van der Waals surface area contributed by atoms with Crippen LogP contribution in [0.3, 0.4) is 0 Å². The number of hydrogen-bond acceptors (Lipinski definition) is 2. The first-order chi connectivity index (χ1) is 7.20. The van der Waals surface area contributed by atoms with Crippen molar-refractivity contribution in [3.63, 3.8) is 0 Å². The molecule has 2 nitrogen and oxygen atoms in total. The number of thioether (sulfide) groups is 1. The van der Waals surface area contributed by atoms with Gasteiger partial charge in [0.05, 0.1) is 5.84 Å². The van der Waals surface area contributed by atoms with Crippen LogP contribution in [-0.2, 0) is 0 Å². The highest BCUT2D eigenvalue weighted by molar-refractivity contribution is 7.99. The molecule has 0 heterocycles. The van der Waals surface area contributed by atoms with Crippen LogP contribution in [0.15, 0.2) is 0 Å². The molecule has 2 aliphatic rings. The fourth-order valence-electron chi connectivity index (χ4n) is 2.57. The van der Waals surface area contributed by atoms with Crippen molar-refractivity contribution in [1.82, 2.24) is 0 Å². The molecule has 15 heavy (non-hydrogen) atoms. The zero-order chi connectivity index (χ0) is 10.7. The van der Waals surface area contributed by atoms with E-state index in [1.165, 1.54) is 50.0 Å². The van der Waals surface area contributed by atoms with Gasteiger partial charge in [0.15, 0.2) is 0 Å². The lowest BCUT2D eigenvalue weighted by atomic mass is 10.1. The van der Waals surface area contributed by atoms with Crippen molar-refractivity contribution < 1.29 is 0 Å². The fraction of sp³-hybridized carbons (Fsp3) is 0.917. The number of nitrogens with two attached hydrogens (primary N) is 1. The molecule has 0 spiro atoms. The summed E-state index contributed by atoms with van der Waals surface area (Å²) in [6.45, 7) is 0. The zero-order valence-corrected chi connectivity index (χ0v) is 10.2. The molecule has 0 unspecified atom stereocenters. The van der Waals surface area contributed by atoms with Gasteiger partial charge in [0, 0.05) is 6.42 Å². The van der Waals surface area contributed by atoms with Crippen LogP contribution in [0.1, 0.15) is 44.9 Å². The summed E-state index contributed by atoms with van der Waals surface area (Å²) >= 11 is 2.11. The van der Waals surface area contributed by atoms with Crippen LogP contribution in [0.2, 0.25) is 0 Å². The number of hydrogen-bond donors (Lipinski definition) is 2. The molecular weight excluding hydrogens is 204 g/mol. The number of nitrogens with one attached hydrogen (secondary N) is 1. The van der Waals surface area contributed by atoms with Crippen molar-refractivity contribution in [2.45, 2.75) is 44.9 Å². The van der Waals surface area contributed by atoms with E-state index in [0.29, 0.717) is 11.3 Å². The highest BCUT2D eigenvalue weighted by Crippen LogP contribution is 2.51. The molecule has 0 aromatic heterocycles. The molecule has 0 aromatic carbocycles. The number of amidine groups is 1. The number of rotatable bonds is 6. The Bertz CT molecular complexity index is 230. The van der Waals surface area contributed by atoms with E-state index in [9.17, 15) is 0 Å². The van der Waals surface area contributed by atoms with E-state index >= 15 is 0 Å². The lowest BCUT2D eigenvalue weighted by Gasteiger charge is -2.15. The Morgan fingerprint density at radius 2 is 2.00 bits per heavy atom. The normalized spacial score (nSPS) is 24.3. The predicted octanol–water partition coefficient (Wildman–Crippen LogP) is 3.02. The topological polar surface area (TPSA) is 49.9 Å². The van der Waals surface area contributed by atoms with Crippen LogP contribution in [-0.4, -0.2) is 17.3 Å². The first-order valence-corrected chi connectivity index (χ1v) is 7.26. The second kappa shape index (κ2) is 4.77. The predicted molar refractivity (Wildman–Crippen MR) is 67.5 cm³/mol. The second-order valence-electron chi connectivity index (χ2n) is 5.37. The molecule has 0 bridgehead atoms. The van der Waals surface area contributed by atoms with Crippen molar-refractivity contribution >= 4 is 17.6 Å². The van der Waals surface area contributed by atoms with Gasteiger partial charge in [-0.1, -0.05) is 12.8 Å². The summed E-state index contributed by atoms with van der Waals surface area (Å²) in [6.07, 6.45) is 9.23. The van der Waals surface area contributed by atoms with Gasteiger partial charge in [0.25, 0.3) is 0 Å². The van der Waals surface area contributed by atoms with E-state index in [0.717, 1.165) is 12.3 Å². The van der Waals surface area contributed by atoms with E-state index < -0.39 is 0 Å². The van der Waals surface area contributed by atoms with Gasteiger partial charge < -0.3 is 5.73 Å². The lowest BCUT2D eigenvalue weighted by Crippen LogP contribution is -2.18. The highest BCUT2D eigenvalue weighted by atomic mass is 32.2. The Kier molecular flexibility index (Phi) is 3.60. The fourth-order valence-corrected chi connectivity index (χ4v) is 4.18. The van der Waals surface area contributed by atoms with Crippen molar-refractivity contribution in [1.29, 1.82) is 5.41 Å². The minimum absolute atomic E-state index is 0.383. The largest absolute Gasteiger partial charge is 0.388 e.